The van der Waals surface area contributed by atoms with E-state index in [0.717, 1.165) is 46.8 Å². The number of esters is 1. The second kappa shape index (κ2) is 9.80. The molecule has 0 atom stereocenters. The zero-order chi connectivity index (χ0) is 23.7. The molecule has 0 radical (unpaired) electrons. The lowest BCUT2D eigenvalue weighted by atomic mass is 10.1. The third kappa shape index (κ3) is 4.09. The van der Waals surface area contributed by atoms with Gasteiger partial charge in [0.1, 0.15) is 10.4 Å². The van der Waals surface area contributed by atoms with E-state index in [1.807, 2.05) is 24.3 Å². The van der Waals surface area contributed by atoms with Crippen molar-refractivity contribution in [1.29, 1.82) is 0 Å². The highest BCUT2D eigenvalue weighted by atomic mass is 32.2. The molecule has 1 aliphatic rings. The molecule has 3 heterocycles. The van der Waals surface area contributed by atoms with Crippen molar-refractivity contribution in [3.63, 3.8) is 0 Å². The van der Waals surface area contributed by atoms with Crippen LogP contribution in [-0.4, -0.2) is 22.1 Å². The molecule has 0 fully saturated rings. The topological polar surface area (TPSA) is 74.3 Å². The van der Waals surface area contributed by atoms with Crippen molar-refractivity contribution in [2.75, 3.05) is 6.61 Å². The van der Waals surface area contributed by atoms with Crippen LogP contribution < -0.4 is 5.56 Å². The van der Waals surface area contributed by atoms with Crippen LogP contribution in [0.3, 0.4) is 0 Å². The van der Waals surface area contributed by atoms with Crippen molar-refractivity contribution in [2.45, 2.75) is 56.5 Å². The van der Waals surface area contributed by atoms with E-state index in [0.29, 0.717) is 23.0 Å². The Morgan fingerprint density at radius 3 is 2.94 bits per heavy atom. The average molecular weight is 495 g/mol. The molecule has 0 spiro atoms. The van der Waals surface area contributed by atoms with E-state index in [2.05, 4.69) is 6.58 Å². The number of carbonyl (C=O) groups is 1. The van der Waals surface area contributed by atoms with Gasteiger partial charge in [0.15, 0.2) is 5.16 Å². The number of thioether (sulfide) groups is 1. The van der Waals surface area contributed by atoms with Gasteiger partial charge < -0.3 is 9.15 Å². The maximum absolute atomic E-state index is 13.6. The number of furan rings is 1. The standard InChI is InChI=1S/C26H26N2O4S2/c1-3-14-28-24(29)21-17-11-6-5-7-13-20(17)34-23(21)27-26(28)33-15-18-16-10-8-9-12-19(16)32-22(18)25(30)31-4-2/h3,8-10,12H,1,4-7,11,13-15H2,2H3. The molecule has 4 aromatic rings. The SMILES string of the molecule is C=CCn1c(SCc2c(C(=O)OCC)oc3ccccc23)nc2sc3c(c2c1=O)CCCCC3. The zero-order valence-corrected chi connectivity index (χ0v) is 20.7. The van der Waals surface area contributed by atoms with E-state index in [-0.39, 0.29) is 17.9 Å². The molecule has 34 heavy (non-hydrogen) atoms. The normalized spacial score (nSPS) is 13.7. The third-order valence-corrected chi connectivity index (χ3v) is 8.29. The summed E-state index contributed by atoms with van der Waals surface area (Å²) in [5.41, 5.74) is 2.57. The van der Waals surface area contributed by atoms with Crippen molar-refractivity contribution >= 4 is 50.3 Å². The van der Waals surface area contributed by atoms with Gasteiger partial charge in [0.25, 0.3) is 5.56 Å². The molecule has 176 valence electrons. The number of para-hydroxylation sites is 1. The smallest absolute Gasteiger partial charge is 0.374 e. The van der Waals surface area contributed by atoms with Crippen molar-refractivity contribution in [1.82, 2.24) is 9.55 Å². The molecule has 1 aromatic carbocycles. The lowest BCUT2D eigenvalue weighted by Crippen LogP contribution is -2.23. The number of benzene rings is 1. The Morgan fingerprint density at radius 1 is 1.29 bits per heavy atom. The fraction of sp³-hybridized carbons (Fsp3) is 0.346. The van der Waals surface area contributed by atoms with Crippen molar-refractivity contribution in [2.24, 2.45) is 0 Å². The van der Waals surface area contributed by atoms with Crippen LogP contribution in [0.5, 0.6) is 0 Å². The first-order chi connectivity index (χ1) is 16.6. The molecule has 0 amide bonds. The first-order valence-corrected chi connectivity index (χ1v) is 13.4. The molecule has 8 heteroatoms. The van der Waals surface area contributed by atoms with Gasteiger partial charge in [-0.15, -0.1) is 17.9 Å². The molecule has 3 aromatic heterocycles. The summed E-state index contributed by atoms with van der Waals surface area (Å²) in [4.78, 5) is 33.2. The van der Waals surface area contributed by atoms with E-state index in [4.69, 9.17) is 14.1 Å². The van der Waals surface area contributed by atoms with Crippen LogP contribution in [0.2, 0.25) is 0 Å². The Morgan fingerprint density at radius 2 is 2.12 bits per heavy atom. The van der Waals surface area contributed by atoms with E-state index in [9.17, 15) is 9.59 Å². The predicted octanol–water partition coefficient (Wildman–Crippen LogP) is 6.13. The number of hydrogen-bond acceptors (Lipinski definition) is 7. The van der Waals surface area contributed by atoms with E-state index >= 15 is 0 Å². The highest BCUT2D eigenvalue weighted by Crippen LogP contribution is 2.36. The first kappa shape index (κ1) is 22.9. The highest BCUT2D eigenvalue weighted by Gasteiger charge is 2.24. The number of rotatable bonds is 7. The minimum absolute atomic E-state index is 0.00512. The summed E-state index contributed by atoms with van der Waals surface area (Å²) in [6.07, 6.45) is 7.15. The average Bonchev–Trinajstić information content (AvgIpc) is 3.29. The summed E-state index contributed by atoms with van der Waals surface area (Å²) < 4.78 is 12.8. The van der Waals surface area contributed by atoms with Crippen molar-refractivity contribution < 1.29 is 13.9 Å². The van der Waals surface area contributed by atoms with Gasteiger partial charge in [0.2, 0.25) is 5.76 Å². The van der Waals surface area contributed by atoms with Crippen LogP contribution in [0.4, 0.5) is 0 Å². The number of allylic oxidation sites excluding steroid dienone is 1. The fourth-order valence-electron chi connectivity index (χ4n) is 4.54. The van der Waals surface area contributed by atoms with Gasteiger partial charge >= 0.3 is 5.97 Å². The van der Waals surface area contributed by atoms with Gasteiger partial charge in [0, 0.05) is 28.1 Å². The Kier molecular flexibility index (Phi) is 6.61. The van der Waals surface area contributed by atoms with Crippen LogP contribution in [0, 0.1) is 0 Å². The quantitative estimate of drug-likeness (QED) is 0.101. The van der Waals surface area contributed by atoms with Gasteiger partial charge in [-0.2, -0.15) is 0 Å². The van der Waals surface area contributed by atoms with Crippen LogP contribution in [0.25, 0.3) is 21.2 Å². The van der Waals surface area contributed by atoms with Gasteiger partial charge in [-0.1, -0.05) is 42.5 Å². The van der Waals surface area contributed by atoms with E-state index < -0.39 is 5.97 Å². The lowest BCUT2D eigenvalue weighted by molar-refractivity contribution is 0.0491. The molecular formula is C26H26N2O4S2. The van der Waals surface area contributed by atoms with Gasteiger partial charge in [-0.05, 0) is 44.2 Å². The summed E-state index contributed by atoms with van der Waals surface area (Å²) in [5.74, 6) is 0.144. The summed E-state index contributed by atoms with van der Waals surface area (Å²) in [7, 11) is 0. The molecule has 0 aliphatic heterocycles. The first-order valence-electron chi connectivity index (χ1n) is 11.6. The second-order valence-corrected chi connectivity index (χ2v) is 10.3. The maximum atomic E-state index is 13.6. The minimum Gasteiger partial charge on any atom is -0.460 e. The molecule has 0 saturated heterocycles. The molecule has 1 aliphatic carbocycles. The van der Waals surface area contributed by atoms with Crippen molar-refractivity contribution in [3.8, 4) is 0 Å². The third-order valence-electron chi connectivity index (χ3n) is 6.11. The summed E-state index contributed by atoms with van der Waals surface area (Å²) in [6, 6.07) is 7.55. The van der Waals surface area contributed by atoms with Crippen LogP contribution in [-0.2, 0) is 29.9 Å². The molecule has 5 rings (SSSR count). The van der Waals surface area contributed by atoms with Crippen LogP contribution in [0.15, 0.2) is 51.3 Å². The number of hydrogen-bond donors (Lipinski definition) is 0. The minimum atomic E-state index is -0.483. The van der Waals surface area contributed by atoms with E-state index in [1.54, 1.807) is 28.9 Å². The molecule has 0 saturated carbocycles. The molecule has 6 nitrogen and oxygen atoms in total. The number of aromatic nitrogens is 2. The summed E-state index contributed by atoms with van der Waals surface area (Å²) in [5, 5.41) is 2.25. The molecule has 0 unspecified atom stereocenters. The van der Waals surface area contributed by atoms with Gasteiger partial charge in [-0.3, -0.25) is 9.36 Å². The van der Waals surface area contributed by atoms with Crippen molar-refractivity contribution in [3.05, 3.63) is 69.0 Å². The number of carbonyl (C=O) groups excluding carboxylic acids is 1. The monoisotopic (exact) mass is 494 g/mol. The Labute approximate surface area is 205 Å². The molecular weight excluding hydrogens is 468 g/mol. The number of fused-ring (bicyclic) bond motifs is 4. The highest BCUT2D eigenvalue weighted by molar-refractivity contribution is 7.98. The maximum Gasteiger partial charge on any atom is 0.374 e. The number of ether oxygens (including phenoxy) is 1. The Balaban J connectivity index is 1.57. The van der Waals surface area contributed by atoms with Crippen LogP contribution in [0.1, 0.15) is 52.7 Å². The summed E-state index contributed by atoms with van der Waals surface area (Å²) >= 11 is 3.08. The Bertz CT molecular complexity index is 1450. The van der Waals surface area contributed by atoms with Gasteiger partial charge in [0.05, 0.1) is 12.0 Å². The van der Waals surface area contributed by atoms with E-state index in [1.165, 1.54) is 28.6 Å². The lowest BCUT2D eigenvalue weighted by Gasteiger charge is -2.11. The number of aryl methyl sites for hydroxylation is 2. The number of thiophene rings is 1. The summed E-state index contributed by atoms with van der Waals surface area (Å²) in [6.45, 7) is 6.26. The Hall–Kier alpha value is -2.84. The van der Waals surface area contributed by atoms with Gasteiger partial charge in [-0.25, -0.2) is 9.78 Å². The zero-order valence-electron chi connectivity index (χ0n) is 19.1. The largest absolute Gasteiger partial charge is 0.460 e. The second-order valence-electron chi connectivity index (χ2n) is 8.26. The predicted molar refractivity (Wildman–Crippen MR) is 137 cm³/mol. The fourth-order valence-corrected chi connectivity index (χ4v) is 6.88. The number of nitrogens with zero attached hydrogens (tertiary/aromatic N) is 2. The molecule has 0 N–H and O–H groups in total. The molecule has 0 bridgehead atoms. The van der Waals surface area contributed by atoms with Crippen LogP contribution >= 0.6 is 23.1 Å².